The van der Waals surface area contributed by atoms with Crippen LogP contribution in [0, 0.1) is 5.92 Å². The summed E-state index contributed by atoms with van der Waals surface area (Å²) < 4.78 is 39.1. The predicted molar refractivity (Wildman–Crippen MR) is 70.4 cm³/mol. The van der Waals surface area contributed by atoms with Gasteiger partial charge in [-0.3, -0.25) is 18.7 Å². The Morgan fingerprint density at radius 1 is 1.33 bits per heavy atom. The van der Waals surface area contributed by atoms with Crippen molar-refractivity contribution in [2.45, 2.75) is 39.4 Å². The predicted octanol–water partition coefficient (Wildman–Crippen LogP) is 1.73. The van der Waals surface area contributed by atoms with Gasteiger partial charge in [-0.1, -0.05) is 13.3 Å². The summed E-state index contributed by atoms with van der Waals surface area (Å²) in [5, 5.41) is 0. The fraction of sp³-hybridized carbons (Fsp3) is 0.615. The van der Waals surface area contributed by atoms with Crippen LogP contribution in [0.15, 0.2) is 15.8 Å². The number of ketones is 1. The summed E-state index contributed by atoms with van der Waals surface area (Å²) in [6.45, 7) is 2.57. The zero-order valence-electron chi connectivity index (χ0n) is 12.0. The van der Waals surface area contributed by atoms with Crippen LogP contribution >= 0.6 is 0 Å². The molecule has 1 aromatic heterocycles. The second kappa shape index (κ2) is 6.28. The van der Waals surface area contributed by atoms with E-state index in [9.17, 15) is 27.6 Å². The van der Waals surface area contributed by atoms with Gasteiger partial charge in [0.25, 0.3) is 5.56 Å². The molecule has 5 nitrogen and oxygen atoms in total. The van der Waals surface area contributed by atoms with Crippen LogP contribution in [0.1, 0.15) is 37.0 Å². The van der Waals surface area contributed by atoms with Crippen molar-refractivity contribution in [3.63, 3.8) is 0 Å². The number of nitrogens with zero attached hydrogens (tertiary/aromatic N) is 2. The minimum absolute atomic E-state index is 0.191. The molecule has 0 aromatic carbocycles. The van der Waals surface area contributed by atoms with Gasteiger partial charge in [-0.05, 0) is 12.8 Å². The summed E-state index contributed by atoms with van der Waals surface area (Å²) in [6.07, 6.45) is -4.07. The molecule has 0 saturated carbocycles. The standard InChI is InChI=1S/C13H17F3N2O3/c1-4-9(5-13(14,15)16)6-18-7-10(8(2)19)11(20)17(3)12(18)21/h7,9H,4-6H2,1-3H3. The van der Waals surface area contributed by atoms with Crippen molar-refractivity contribution in [2.24, 2.45) is 13.0 Å². The summed E-state index contributed by atoms with van der Waals surface area (Å²) in [5.41, 5.74) is -1.68. The zero-order valence-corrected chi connectivity index (χ0v) is 12.0. The van der Waals surface area contributed by atoms with Gasteiger partial charge in [-0.15, -0.1) is 0 Å². The van der Waals surface area contributed by atoms with Gasteiger partial charge in [0.2, 0.25) is 0 Å². The molecular formula is C13H17F3N2O3. The lowest BCUT2D eigenvalue weighted by Gasteiger charge is -2.18. The van der Waals surface area contributed by atoms with Crippen LogP contribution in [0.5, 0.6) is 0 Å². The Bertz CT molecular complexity index is 644. The molecule has 0 aliphatic heterocycles. The minimum Gasteiger partial charge on any atom is -0.299 e. The van der Waals surface area contributed by atoms with Gasteiger partial charge in [0.15, 0.2) is 5.78 Å². The third kappa shape index (κ3) is 4.30. The topological polar surface area (TPSA) is 61.1 Å². The van der Waals surface area contributed by atoms with Gasteiger partial charge in [0.05, 0.1) is 5.56 Å². The number of Topliss-reactive ketones (excluding diaryl/α,β-unsaturated/α-hetero) is 1. The fourth-order valence-electron chi connectivity index (χ4n) is 2.04. The summed E-state index contributed by atoms with van der Waals surface area (Å²) in [4.78, 5) is 35.0. The van der Waals surface area contributed by atoms with Crippen LogP contribution in [0.4, 0.5) is 13.2 Å². The second-order valence-electron chi connectivity index (χ2n) is 4.99. The van der Waals surface area contributed by atoms with Crippen LogP contribution < -0.4 is 11.2 Å². The van der Waals surface area contributed by atoms with Gasteiger partial charge >= 0.3 is 11.9 Å². The number of halogens is 3. The van der Waals surface area contributed by atoms with E-state index in [1.165, 1.54) is 14.0 Å². The van der Waals surface area contributed by atoms with Crippen molar-refractivity contribution >= 4 is 5.78 Å². The number of hydrogen-bond donors (Lipinski definition) is 0. The normalized spacial score (nSPS) is 13.2. The van der Waals surface area contributed by atoms with E-state index in [1.54, 1.807) is 6.92 Å². The lowest BCUT2D eigenvalue weighted by atomic mass is 10.0. The zero-order chi connectivity index (χ0) is 16.4. The molecule has 1 atom stereocenters. The maximum absolute atomic E-state index is 12.5. The summed E-state index contributed by atoms with van der Waals surface area (Å²) in [7, 11) is 1.19. The van der Waals surface area contributed by atoms with Gasteiger partial charge in [-0.25, -0.2) is 4.79 Å². The van der Waals surface area contributed by atoms with Crippen LogP contribution in [-0.4, -0.2) is 21.1 Å². The van der Waals surface area contributed by atoms with Crippen LogP contribution in [-0.2, 0) is 13.6 Å². The van der Waals surface area contributed by atoms with E-state index >= 15 is 0 Å². The van der Waals surface area contributed by atoms with E-state index in [0.717, 1.165) is 15.3 Å². The molecule has 1 unspecified atom stereocenters. The molecule has 0 amide bonds. The summed E-state index contributed by atoms with van der Waals surface area (Å²) in [6, 6.07) is 0. The Morgan fingerprint density at radius 3 is 2.33 bits per heavy atom. The fourth-order valence-corrected chi connectivity index (χ4v) is 2.04. The largest absolute Gasteiger partial charge is 0.389 e. The van der Waals surface area contributed by atoms with Crippen molar-refractivity contribution < 1.29 is 18.0 Å². The molecule has 0 aliphatic carbocycles. The number of alkyl halides is 3. The first kappa shape index (κ1) is 17.2. The van der Waals surface area contributed by atoms with Crippen molar-refractivity contribution in [3.05, 3.63) is 32.6 Å². The molecule has 21 heavy (non-hydrogen) atoms. The molecule has 1 aromatic rings. The molecule has 0 saturated heterocycles. The molecule has 8 heteroatoms. The molecule has 0 radical (unpaired) electrons. The Morgan fingerprint density at radius 2 is 1.90 bits per heavy atom. The molecule has 0 fully saturated rings. The lowest BCUT2D eigenvalue weighted by molar-refractivity contribution is -0.145. The first-order valence-electron chi connectivity index (χ1n) is 6.45. The molecule has 1 heterocycles. The highest BCUT2D eigenvalue weighted by molar-refractivity contribution is 5.93. The third-order valence-corrected chi connectivity index (χ3v) is 3.28. The number of aromatic nitrogens is 2. The van der Waals surface area contributed by atoms with Gasteiger partial charge in [0.1, 0.15) is 0 Å². The van der Waals surface area contributed by atoms with E-state index < -0.39 is 35.5 Å². The van der Waals surface area contributed by atoms with Gasteiger partial charge in [-0.2, -0.15) is 13.2 Å². The Kier molecular flexibility index (Phi) is 5.14. The molecule has 0 aliphatic rings. The Balaban J connectivity index is 3.22. The highest BCUT2D eigenvalue weighted by atomic mass is 19.4. The number of rotatable bonds is 5. The monoisotopic (exact) mass is 306 g/mol. The molecule has 1 rings (SSSR count). The Labute approximate surface area is 119 Å². The van der Waals surface area contributed by atoms with Crippen LogP contribution in [0.25, 0.3) is 0 Å². The van der Waals surface area contributed by atoms with Crippen LogP contribution in [0.3, 0.4) is 0 Å². The number of carbonyl (C=O) groups excluding carboxylic acids is 1. The minimum atomic E-state index is -4.33. The summed E-state index contributed by atoms with van der Waals surface area (Å²) in [5.74, 6) is -1.33. The second-order valence-corrected chi connectivity index (χ2v) is 4.99. The average molecular weight is 306 g/mol. The maximum Gasteiger partial charge on any atom is 0.389 e. The number of hydrogen-bond acceptors (Lipinski definition) is 3. The molecule has 118 valence electrons. The van der Waals surface area contributed by atoms with E-state index in [0.29, 0.717) is 0 Å². The van der Waals surface area contributed by atoms with E-state index in [-0.39, 0.29) is 18.5 Å². The average Bonchev–Trinajstić information content (AvgIpc) is 2.36. The third-order valence-electron chi connectivity index (χ3n) is 3.28. The molecule has 0 N–H and O–H groups in total. The van der Waals surface area contributed by atoms with E-state index in [1.807, 2.05) is 0 Å². The van der Waals surface area contributed by atoms with Gasteiger partial charge in [0, 0.05) is 26.2 Å². The molecule has 0 spiro atoms. The molecule has 0 bridgehead atoms. The maximum atomic E-state index is 12.5. The quantitative estimate of drug-likeness (QED) is 0.778. The highest BCUT2D eigenvalue weighted by Gasteiger charge is 2.31. The van der Waals surface area contributed by atoms with E-state index in [2.05, 4.69) is 0 Å². The summed E-state index contributed by atoms with van der Waals surface area (Å²) >= 11 is 0. The first-order valence-corrected chi connectivity index (χ1v) is 6.45. The SMILES string of the molecule is CCC(Cn1cc(C(C)=O)c(=O)n(C)c1=O)CC(F)(F)F. The van der Waals surface area contributed by atoms with Crippen molar-refractivity contribution in [1.29, 1.82) is 0 Å². The van der Waals surface area contributed by atoms with Crippen LogP contribution in [0.2, 0.25) is 0 Å². The number of carbonyl (C=O) groups is 1. The van der Waals surface area contributed by atoms with E-state index in [4.69, 9.17) is 0 Å². The Hall–Kier alpha value is -1.86. The smallest absolute Gasteiger partial charge is 0.299 e. The van der Waals surface area contributed by atoms with Crippen molar-refractivity contribution in [2.75, 3.05) is 0 Å². The first-order chi connectivity index (χ1) is 9.56. The van der Waals surface area contributed by atoms with Crippen molar-refractivity contribution in [1.82, 2.24) is 9.13 Å². The lowest BCUT2D eigenvalue weighted by Crippen LogP contribution is -2.41. The van der Waals surface area contributed by atoms with Gasteiger partial charge < -0.3 is 0 Å². The highest BCUT2D eigenvalue weighted by Crippen LogP contribution is 2.27. The van der Waals surface area contributed by atoms with Crippen molar-refractivity contribution in [3.8, 4) is 0 Å². The molecular weight excluding hydrogens is 289 g/mol.